The number of nitrogens with zero attached hydrogens (tertiary/aromatic N) is 4. The lowest BCUT2D eigenvalue weighted by Gasteiger charge is -2.13. The first-order chi connectivity index (χ1) is 17.2. The summed E-state index contributed by atoms with van der Waals surface area (Å²) in [6.45, 7) is 8.39. The molecule has 0 spiro atoms. The molecule has 0 saturated carbocycles. The van der Waals surface area contributed by atoms with Crippen molar-refractivity contribution in [1.29, 1.82) is 0 Å². The second-order valence-electron chi connectivity index (χ2n) is 9.64. The van der Waals surface area contributed by atoms with Gasteiger partial charge in [-0.25, -0.2) is 13.9 Å². The molecule has 2 aromatic heterocycles. The molecule has 2 aromatic carbocycles. The molecule has 10 nitrogen and oxygen atoms in total. The summed E-state index contributed by atoms with van der Waals surface area (Å²) in [6.07, 6.45) is 0. The highest BCUT2D eigenvalue weighted by Crippen LogP contribution is 2.15. The molecule has 4 aromatic rings. The van der Waals surface area contributed by atoms with Crippen LogP contribution in [0, 0.1) is 11.8 Å². The average molecular weight is 491 g/mol. The van der Waals surface area contributed by atoms with Crippen LogP contribution in [0.1, 0.15) is 38.1 Å². The third-order valence-corrected chi connectivity index (χ3v) is 5.61. The van der Waals surface area contributed by atoms with Gasteiger partial charge in [0.25, 0.3) is 11.5 Å². The summed E-state index contributed by atoms with van der Waals surface area (Å²) in [6, 6.07) is 13.6. The van der Waals surface area contributed by atoms with Gasteiger partial charge in [0.05, 0.1) is 10.9 Å². The summed E-state index contributed by atoms with van der Waals surface area (Å²) in [4.78, 5) is 52.1. The molecule has 0 radical (unpaired) electrons. The zero-order valence-corrected chi connectivity index (χ0v) is 20.8. The summed E-state index contributed by atoms with van der Waals surface area (Å²) in [7, 11) is 0. The topological polar surface area (TPSA) is 120 Å². The van der Waals surface area contributed by atoms with Crippen molar-refractivity contribution in [3.8, 4) is 0 Å². The van der Waals surface area contributed by atoms with E-state index in [2.05, 4.69) is 15.7 Å². The van der Waals surface area contributed by atoms with Crippen molar-refractivity contribution >= 4 is 34.2 Å². The highest BCUT2D eigenvalue weighted by molar-refractivity contribution is 5.98. The zero-order chi connectivity index (χ0) is 26.0. The zero-order valence-electron chi connectivity index (χ0n) is 20.8. The Morgan fingerprint density at radius 3 is 2.36 bits per heavy atom. The van der Waals surface area contributed by atoms with Crippen molar-refractivity contribution in [2.45, 2.75) is 40.8 Å². The van der Waals surface area contributed by atoms with E-state index >= 15 is 0 Å². The molecule has 10 heteroatoms. The minimum absolute atomic E-state index is 0.103. The highest BCUT2D eigenvalue weighted by atomic mass is 16.2. The molecule has 4 rings (SSSR count). The average Bonchev–Trinajstić information content (AvgIpc) is 3.15. The molecule has 0 unspecified atom stereocenters. The van der Waals surface area contributed by atoms with Crippen molar-refractivity contribution < 1.29 is 9.59 Å². The lowest BCUT2D eigenvalue weighted by molar-refractivity contribution is -0.117. The highest BCUT2D eigenvalue weighted by Gasteiger charge is 2.20. The third-order valence-electron chi connectivity index (χ3n) is 5.61. The van der Waals surface area contributed by atoms with Gasteiger partial charge >= 0.3 is 5.69 Å². The Hall–Kier alpha value is -4.21. The van der Waals surface area contributed by atoms with Gasteiger partial charge in [-0.3, -0.25) is 19.0 Å². The van der Waals surface area contributed by atoms with Gasteiger partial charge in [0, 0.05) is 24.3 Å². The van der Waals surface area contributed by atoms with E-state index in [0.717, 1.165) is 4.68 Å². The molecule has 0 aliphatic rings. The van der Waals surface area contributed by atoms with E-state index in [1.807, 2.05) is 33.8 Å². The maximum atomic E-state index is 13.4. The van der Waals surface area contributed by atoms with E-state index in [1.165, 1.54) is 15.0 Å². The van der Waals surface area contributed by atoms with Gasteiger partial charge in [0.1, 0.15) is 6.54 Å². The lowest BCUT2D eigenvalue weighted by Crippen LogP contribution is -2.30. The Balaban J connectivity index is 1.84. The summed E-state index contributed by atoms with van der Waals surface area (Å²) >= 11 is 0. The van der Waals surface area contributed by atoms with Gasteiger partial charge in [0.15, 0.2) is 0 Å². The van der Waals surface area contributed by atoms with E-state index in [-0.39, 0.29) is 41.1 Å². The number of nitrogens with one attached hydrogen (secondary N) is 2. The van der Waals surface area contributed by atoms with Gasteiger partial charge in [-0.2, -0.15) is 0 Å². The molecule has 0 fully saturated rings. The van der Waals surface area contributed by atoms with Crippen LogP contribution < -0.4 is 21.9 Å². The van der Waals surface area contributed by atoms with Crippen LogP contribution in [-0.4, -0.2) is 37.1 Å². The summed E-state index contributed by atoms with van der Waals surface area (Å²) < 4.78 is 3.78. The first-order valence-electron chi connectivity index (χ1n) is 11.9. The van der Waals surface area contributed by atoms with Crippen LogP contribution in [-0.2, 0) is 17.9 Å². The predicted octanol–water partition coefficient (Wildman–Crippen LogP) is 2.49. The number of aromatic nitrogens is 4. The fourth-order valence-electron chi connectivity index (χ4n) is 3.95. The Morgan fingerprint density at radius 1 is 0.972 bits per heavy atom. The minimum atomic E-state index is -0.574. The molecule has 2 amide bonds. The van der Waals surface area contributed by atoms with Crippen molar-refractivity contribution in [3.05, 3.63) is 74.9 Å². The number of hydrogen-bond donors (Lipinski definition) is 2. The second-order valence-corrected chi connectivity index (χ2v) is 9.64. The molecule has 2 heterocycles. The van der Waals surface area contributed by atoms with Crippen LogP contribution in [0.25, 0.3) is 16.7 Å². The fraction of sp³-hybridized carbons (Fsp3) is 0.346. The number of para-hydroxylation sites is 1. The summed E-state index contributed by atoms with van der Waals surface area (Å²) in [5.74, 6) is -0.229. The van der Waals surface area contributed by atoms with E-state index in [4.69, 9.17) is 0 Å². The second kappa shape index (κ2) is 10.2. The molecule has 36 heavy (non-hydrogen) atoms. The Labute approximate surface area is 207 Å². The number of rotatable bonds is 8. The molecule has 0 bridgehead atoms. The van der Waals surface area contributed by atoms with Gasteiger partial charge in [-0.1, -0.05) is 45.9 Å². The van der Waals surface area contributed by atoms with Crippen LogP contribution in [0.5, 0.6) is 0 Å². The molecule has 188 valence electrons. The minimum Gasteiger partial charge on any atom is -0.352 e. The fourth-order valence-corrected chi connectivity index (χ4v) is 3.95. The standard InChI is InChI=1S/C26H30N6O4/c1-16(2)13-27-23(34)18-10-11-20-21(12-18)32-25(30(24(20)35)14-17(3)4)29-31(26(32)36)15-22(33)28-19-8-6-5-7-9-19/h5-12,16-17H,13-15H2,1-4H3,(H,27,34)(H,28,33). The maximum absolute atomic E-state index is 13.4. The van der Waals surface area contributed by atoms with Gasteiger partial charge < -0.3 is 10.6 Å². The monoisotopic (exact) mass is 490 g/mol. The number of carbonyl (C=O) groups excluding carboxylic acids is 2. The van der Waals surface area contributed by atoms with Crippen molar-refractivity contribution in [1.82, 2.24) is 24.1 Å². The smallest absolute Gasteiger partial charge is 0.352 e. The molecule has 0 aliphatic carbocycles. The van der Waals surface area contributed by atoms with Crippen LogP contribution in [0.3, 0.4) is 0 Å². The Kier molecular flexibility index (Phi) is 7.05. The Bertz CT molecular complexity index is 1550. The number of amides is 2. The Morgan fingerprint density at radius 2 is 1.69 bits per heavy atom. The van der Waals surface area contributed by atoms with Crippen molar-refractivity contribution in [2.24, 2.45) is 11.8 Å². The summed E-state index contributed by atoms with van der Waals surface area (Å²) in [5.41, 5.74) is 0.305. The number of carbonyl (C=O) groups is 2. The molecule has 0 saturated heterocycles. The van der Waals surface area contributed by atoms with E-state index in [0.29, 0.717) is 29.7 Å². The molecule has 0 atom stereocenters. The first-order valence-corrected chi connectivity index (χ1v) is 11.9. The van der Waals surface area contributed by atoms with Gasteiger partial charge in [-0.05, 0) is 42.2 Å². The molecular weight excluding hydrogens is 460 g/mol. The summed E-state index contributed by atoms with van der Waals surface area (Å²) in [5, 5.41) is 10.2. The van der Waals surface area contributed by atoms with Crippen molar-refractivity contribution in [2.75, 3.05) is 11.9 Å². The molecule has 0 aliphatic heterocycles. The number of hydrogen-bond acceptors (Lipinski definition) is 5. The SMILES string of the molecule is CC(C)CNC(=O)c1ccc2c(=O)n(CC(C)C)c3nn(CC(=O)Nc4ccccc4)c(=O)n3c2c1. The van der Waals surface area contributed by atoms with E-state index in [9.17, 15) is 19.2 Å². The molecular formula is C26H30N6O4. The lowest BCUT2D eigenvalue weighted by atomic mass is 10.1. The molecule has 2 N–H and O–H groups in total. The first kappa shape index (κ1) is 24.9. The largest absolute Gasteiger partial charge is 0.352 e. The van der Waals surface area contributed by atoms with Crippen LogP contribution in [0.4, 0.5) is 5.69 Å². The van der Waals surface area contributed by atoms with Crippen molar-refractivity contribution in [3.63, 3.8) is 0 Å². The normalized spacial score (nSPS) is 11.5. The predicted molar refractivity (Wildman–Crippen MR) is 138 cm³/mol. The maximum Gasteiger partial charge on any atom is 0.352 e. The van der Waals surface area contributed by atoms with Crippen LogP contribution >= 0.6 is 0 Å². The van der Waals surface area contributed by atoms with Gasteiger partial charge in [0.2, 0.25) is 11.7 Å². The quantitative estimate of drug-likeness (QED) is 0.393. The number of fused-ring (bicyclic) bond motifs is 3. The van der Waals surface area contributed by atoms with Crippen LogP contribution in [0.15, 0.2) is 58.1 Å². The van der Waals surface area contributed by atoms with Crippen LogP contribution in [0.2, 0.25) is 0 Å². The van der Waals surface area contributed by atoms with E-state index in [1.54, 1.807) is 36.4 Å². The third kappa shape index (κ3) is 5.07. The van der Waals surface area contributed by atoms with Gasteiger partial charge in [-0.15, -0.1) is 5.10 Å². The number of anilines is 1. The van der Waals surface area contributed by atoms with E-state index < -0.39 is 11.6 Å². The number of benzene rings is 2.